The minimum atomic E-state index is 0.560. The van der Waals surface area contributed by atoms with Crippen LogP contribution < -0.4 is 5.73 Å². The molecule has 2 aromatic rings. The molecule has 1 aliphatic heterocycles. The van der Waals surface area contributed by atoms with E-state index in [1.165, 1.54) is 29.4 Å². The normalized spacial score (nSPS) is 25.7. The number of piperidine rings is 1. The molecule has 3 heteroatoms. The van der Waals surface area contributed by atoms with Gasteiger partial charge in [-0.25, -0.2) is 0 Å². The van der Waals surface area contributed by atoms with E-state index in [1.807, 2.05) is 0 Å². The van der Waals surface area contributed by atoms with Gasteiger partial charge in [-0.1, -0.05) is 18.2 Å². The predicted molar refractivity (Wildman–Crippen MR) is 75.7 cm³/mol. The van der Waals surface area contributed by atoms with Gasteiger partial charge in [0.15, 0.2) is 0 Å². The number of likely N-dealkylation sites (tertiary alicyclic amines) is 1. The highest BCUT2D eigenvalue weighted by Gasteiger charge is 2.29. The van der Waals surface area contributed by atoms with Crippen LogP contribution >= 0.6 is 0 Å². The number of fused-ring (bicyclic) bond motifs is 1. The van der Waals surface area contributed by atoms with Gasteiger partial charge >= 0.3 is 0 Å². The van der Waals surface area contributed by atoms with Crippen molar-refractivity contribution in [2.75, 3.05) is 26.7 Å². The molecule has 0 radical (unpaired) electrons. The molecule has 0 bridgehead atoms. The first-order chi connectivity index (χ1) is 8.79. The molecule has 1 aromatic carbocycles. The number of H-pyrrole nitrogens is 1. The highest BCUT2D eigenvalue weighted by atomic mass is 15.1. The van der Waals surface area contributed by atoms with Crippen molar-refractivity contribution in [3.8, 4) is 0 Å². The summed E-state index contributed by atoms with van der Waals surface area (Å²) in [5.41, 5.74) is 8.63. The largest absolute Gasteiger partial charge is 0.361 e. The monoisotopic (exact) mass is 243 g/mol. The number of hydrogen-bond donors (Lipinski definition) is 2. The van der Waals surface area contributed by atoms with Crippen LogP contribution in [0.5, 0.6) is 0 Å². The molecule has 0 spiro atoms. The summed E-state index contributed by atoms with van der Waals surface area (Å²) in [5.74, 6) is 1.17. The Morgan fingerprint density at radius 3 is 3.06 bits per heavy atom. The molecule has 0 amide bonds. The number of nitrogens with one attached hydrogen (secondary N) is 1. The lowest BCUT2D eigenvalue weighted by molar-refractivity contribution is 0.193. The van der Waals surface area contributed by atoms with Crippen molar-refractivity contribution in [3.63, 3.8) is 0 Å². The number of likely N-dealkylation sites (N-methyl/N-ethyl adjacent to an activating group) is 1. The number of para-hydroxylation sites is 1. The Morgan fingerprint density at radius 1 is 1.39 bits per heavy atom. The molecule has 2 heterocycles. The number of hydrogen-bond acceptors (Lipinski definition) is 2. The van der Waals surface area contributed by atoms with Crippen LogP contribution in [-0.2, 0) is 0 Å². The van der Waals surface area contributed by atoms with E-state index in [0.717, 1.165) is 13.1 Å². The molecule has 3 N–H and O–H groups in total. The van der Waals surface area contributed by atoms with E-state index in [9.17, 15) is 0 Å². The predicted octanol–water partition coefficient (Wildman–Crippen LogP) is 2.16. The van der Waals surface area contributed by atoms with Gasteiger partial charge in [0.2, 0.25) is 0 Å². The molecule has 0 saturated carbocycles. The number of rotatable bonds is 2. The van der Waals surface area contributed by atoms with Gasteiger partial charge in [0.1, 0.15) is 0 Å². The second-order valence-corrected chi connectivity index (χ2v) is 5.44. The molecule has 1 fully saturated rings. The number of aromatic amines is 1. The Bertz CT molecular complexity index is 531. The number of nitrogens with two attached hydrogens (primary N) is 1. The smallest absolute Gasteiger partial charge is 0.0456 e. The molecule has 18 heavy (non-hydrogen) atoms. The summed E-state index contributed by atoms with van der Waals surface area (Å²) in [4.78, 5) is 5.80. The van der Waals surface area contributed by atoms with Crippen molar-refractivity contribution in [3.05, 3.63) is 36.0 Å². The lowest BCUT2D eigenvalue weighted by Gasteiger charge is -2.36. The van der Waals surface area contributed by atoms with Crippen LogP contribution in [0, 0.1) is 5.92 Å². The third-order valence-corrected chi connectivity index (χ3v) is 4.28. The van der Waals surface area contributed by atoms with Gasteiger partial charge < -0.3 is 15.6 Å². The summed E-state index contributed by atoms with van der Waals surface area (Å²) in [7, 11) is 2.20. The Hall–Kier alpha value is -1.32. The topological polar surface area (TPSA) is 45.0 Å². The van der Waals surface area contributed by atoms with Gasteiger partial charge in [-0.15, -0.1) is 0 Å². The molecule has 0 aliphatic carbocycles. The first-order valence-electron chi connectivity index (χ1n) is 6.74. The Balaban J connectivity index is 2.01. The van der Waals surface area contributed by atoms with E-state index in [2.05, 4.69) is 47.4 Å². The van der Waals surface area contributed by atoms with E-state index >= 15 is 0 Å². The van der Waals surface area contributed by atoms with E-state index in [1.54, 1.807) is 0 Å². The summed E-state index contributed by atoms with van der Waals surface area (Å²) in [6.07, 6.45) is 3.38. The highest BCUT2D eigenvalue weighted by Crippen LogP contribution is 2.35. The second kappa shape index (κ2) is 4.75. The van der Waals surface area contributed by atoms with Crippen LogP contribution in [0.4, 0.5) is 0 Å². The SMILES string of the molecule is CN1CCC(CN)C(c2c[nH]c3ccccc23)C1. The van der Waals surface area contributed by atoms with Gasteiger partial charge in [0, 0.05) is 29.6 Å². The average molecular weight is 243 g/mol. The molecule has 3 nitrogen and oxygen atoms in total. The number of nitrogens with zero attached hydrogens (tertiary/aromatic N) is 1. The van der Waals surface area contributed by atoms with E-state index in [-0.39, 0.29) is 0 Å². The fraction of sp³-hybridized carbons (Fsp3) is 0.467. The third-order valence-electron chi connectivity index (χ3n) is 4.28. The Kier molecular flexibility index (Phi) is 3.10. The average Bonchev–Trinajstić information content (AvgIpc) is 2.82. The van der Waals surface area contributed by atoms with Gasteiger partial charge in [-0.3, -0.25) is 0 Å². The summed E-state index contributed by atoms with van der Waals surface area (Å²) >= 11 is 0. The fourth-order valence-electron chi connectivity index (χ4n) is 3.20. The molecule has 1 saturated heterocycles. The maximum absolute atomic E-state index is 5.96. The van der Waals surface area contributed by atoms with Crippen LogP contribution in [0.1, 0.15) is 17.9 Å². The number of aromatic nitrogens is 1. The molecule has 3 rings (SSSR count). The van der Waals surface area contributed by atoms with Gasteiger partial charge in [-0.05, 0) is 44.1 Å². The molecule has 2 atom stereocenters. The van der Waals surface area contributed by atoms with Crippen LogP contribution in [-0.4, -0.2) is 36.6 Å². The van der Waals surface area contributed by atoms with Gasteiger partial charge in [0.05, 0.1) is 0 Å². The summed E-state index contributed by atoms with van der Waals surface area (Å²) in [6, 6.07) is 8.55. The minimum absolute atomic E-state index is 0.560. The first-order valence-corrected chi connectivity index (χ1v) is 6.74. The molecular formula is C15H21N3. The third kappa shape index (κ3) is 1.93. The van der Waals surface area contributed by atoms with Crippen LogP contribution in [0.15, 0.2) is 30.5 Å². The van der Waals surface area contributed by atoms with Crippen molar-refractivity contribution in [2.45, 2.75) is 12.3 Å². The zero-order valence-corrected chi connectivity index (χ0v) is 10.9. The summed E-state index contributed by atoms with van der Waals surface area (Å²) < 4.78 is 0. The van der Waals surface area contributed by atoms with Gasteiger partial charge in [0.25, 0.3) is 0 Å². The zero-order chi connectivity index (χ0) is 12.5. The molecule has 2 unspecified atom stereocenters. The fourth-order valence-corrected chi connectivity index (χ4v) is 3.20. The van der Waals surface area contributed by atoms with Crippen molar-refractivity contribution >= 4 is 10.9 Å². The highest BCUT2D eigenvalue weighted by molar-refractivity contribution is 5.83. The Labute approximate surface area is 108 Å². The van der Waals surface area contributed by atoms with E-state index in [4.69, 9.17) is 5.73 Å². The molecule has 96 valence electrons. The van der Waals surface area contributed by atoms with E-state index < -0.39 is 0 Å². The quantitative estimate of drug-likeness (QED) is 0.849. The van der Waals surface area contributed by atoms with Crippen LogP contribution in [0.2, 0.25) is 0 Å². The number of benzene rings is 1. The molecule has 1 aliphatic rings. The van der Waals surface area contributed by atoms with Crippen LogP contribution in [0.25, 0.3) is 10.9 Å². The maximum atomic E-state index is 5.96. The molecule has 1 aromatic heterocycles. The zero-order valence-electron chi connectivity index (χ0n) is 10.9. The van der Waals surface area contributed by atoms with Crippen molar-refractivity contribution in [1.82, 2.24) is 9.88 Å². The minimum Gasteiger partial charge on any atom is -0.361 e. The summed E-state index contributed by atoms with van der Waals surface area (Å²) in [6.45, 7) is 3.07. The molecular weight excluding hydrogens is 222 g/mol. The van der Waals surface area contributed by atoms with Crippen molar-refractivity contribution in [2.24, 2.45) is 11.7 Å². The standard InChI is InChI=1S/C15H21N3/c1-18-7-6-11(8-16)14(10-18)13-9-17-15-5-3-2-4-12(13)15/h2-5,9,11,14,17H,6-8,10,16H2,1H3. The van der Waals surface area contributed by atoms with Crippen molar-refractivity contribution in [1.29, 1.82) is 0 Å². The van der Waals surface area contributed by atoms with E-state index in [0.29, 0.717) is 11.8 Å². The lowest BCUT2D eigenvalue weighted by Crippen LogP contribution is -2.39. The van der Waals surface area contributed by atoms with Gasteiger partial charge in [-0.2, -0.15) is 0 Å². The maximum Gasteiger partial charge on any atom is 0.0456 e. The Morgan fingerprint density at radius 2 is 2.22 bits per heavy atom. The summed E-state index contributed by atoms with van der Waals surface area (Å²) in [5, 5.41) is 1.36. The van der Waals surface area contributed by atoms with Crippen LogP contribution in [0.3, 0.4) is 0 Å². The second-order valence-electron chi connectivity index (χ2n) is 5.44. The lowest BCUT2D eigenvalue weighted by atomic mass is 9.81. The van der Waals surface area contributed by atoms with Crippen molar-refractivity contribution < 1.29 is 0 Å². The first kappa shape index (κ1) is 11.8.